The number of likely N-dealkylation sites (N-methyl/N-ethyl adjacent to an activating group) is 1. The van der Waals surface area contributed by atoms with Crippen LogP contribution in [-0.2, 0) is 14.4 Å². The molecule has 0 spiro atoms. The van der Waals surface area contributed by atoms with Crippen LogP contribution in [0.5, 0.6) is 0 Å². The molecule has 0 aromatic rings. The number of ketones is 1. The van der Waals surface area contributed by atoms with Crippen LogP contribution in [0.2, 0.25) is 0 Å². The van der Waals surface area contributed by atoms with Crippen molar-refractivity contribution in [2.24, 2.45) is 5.92 Å². The second kappa shape index (κ2) is 20.0. The number of nitrogens with one attached hydrogen (secondary N) is 4. The second-order valence-corrected chi connectivity index (χ2v) is 9.64. The Kier molecular flexibility index (Phi) is 19.1. The maximum absolute atomic E-state index is 13.0. The van der Waals surface area contributed by atoms with Gasteiger partial charge in [-0.3, -0.25) is 14.4 Å². The van der Waals surface area contributed by atoms with Gasteiger partial charge in [-0.1, -0.05) is 54.4 Å². The highest BCUT2D eigenvalue weighted by molar-refractivity contribution is 5.91. The first-order valence-electron chi connectivity index (χ1n) is 13.3. The monoisotopic (exact) mass is 468 g/mol. The quantitative estimate of drug-likeness (QED) is 0.193. The van der Waals surface area contributed by atoms with E-state index in [1.54, 1.807) is 0 Å². The molecule has 194 valence electrons. The molecule has 7 heteroatoms. The Morgan fingerprint density at radius 1 is 0.727 bits per heavy atom. The van der Waals surface area contributed by atoms with Crippen LogP contribution in [0.25, 0.3) is 0 Å². The third-order valence-electron chi connectivity index (χ3n) is 5.72. The Morgan fingerprint density at radius 3 is 1.94 bits per heavy atom. The fourth-order valence-corrected chi connectivity index (χ4v) is 3.72. The molecule has 0 rings (SSSR count). The summed E-state index contributed by atoms with van der Waals surface area (Å²) in [7, 11) is 0. The van der Waals surface area contributed by atoms with Gasteiger partial charge in [0.2, 0.25) is 11.8 Å². The van der Waals surface area contributed by atoms with Crippen LogP contribution in [0, 0.1) is 5.92 Å². The lowest BCUT2D eigenvalue weighted by Gasteiger charge is -2.24. The molecule has 0 bridgehead atoms. The summed E-state index contributed by atoms with van der Waals surface area (Å²) < 4.78 is 0. The van der Waals surface area contributed by atoms with Gasteiger partial charge in [0.05, 0.1) is 12.1 Å². The highest BCUT2D eigenvalue weighted by Gasteiger charge is 2.26. The van der Waals surface area contributed by atoms with Crippen LogP contribution in [0.3, 0.4) is 0 Å². The fourth-order valence-electron chi connectivity index (χ4n) is 3.72. The minimum absolute atomic E-state index is 0.0974. The van der Waals surface area contributed by atoms with Crippen LogP contribution < -0.4 is 21.3 Å². The Hall–Kier alpha value is -1.47. The molecule has 0 heterocycles. The van der Waals surface area contributed by atoms with Gasteiger partial charge in [-0.2, -0.15) is 0 Å². The summed E-state index contributed by atoms with van der Waals surface area (Å²) in [6.45, 7) is 14.4. The predicted octanol–water partition coefficient (Wildman–Crippen LogP) is 3.71. The largest absolute Gasteiger partial charge is 0.356 e. The predicted molar refractivity (Wildman–Crippen MR) is 137 cm³/mol. The van der Waals surface area contributed by atoms with Crippen LogP contribution in [-0.4, -0.2) is 55.4 Å². The molecule has 0 radical (unpaired) electrons. The third kappa shape index (κ3) is 16.7. The van der Waals surface area contributed by atoms with Gasteiger partial charge in [-0.15, -0.1) is 0 Å². The fraction of sp³-hybridized carbons (Fsp3) is 0.885. The Balaban J connectivity index is 4.54. The van der Waals surface area contributed by atoms with Crippen molar-refractivity contribution in [3.63, 3.8) is 0 Å². The molecule has 0 aliphatic heterocycles. The number of carbonyl (C=O) groups is 3. The molecule has 2 amide bonds. The van der Waals surface area contributed by atoms with Crippen molar-refractivity contribution in [2.45, 2.75) is 124 Å². The summed E-state index contributed by atoms with van der Waals surface area (Å²) in [6.07, 6.45) is 8.64. The summed E-state index contributed by atoms with van der Waals surface area (Å²) in [5.41, 5.74) is 0. The van der Waals surface area contributed by atoms with E-state index in [1.807, 2.05) is 20.8 Å². The first kappa shape index (κ1) is 31.5. The van der Waals surface area contributed by atoms with Gasteiger partial charge < -0.3 is 21.3 Å². The lowest BCUT2D eigenvalue weighted by atomic mass is 9.96. The second-order valence-electron chi connectivity index (χ2n) is 9.64. The molecule has 2 unspecified atom stereocenters. The van der Waals surface area contributed by atoms with Gasteiger partial charge in [0.15, 0.2) is 5.78 Å². The van der Waals surface area contributed by atoms with Crippen molar-refractivity contribution in [3.8, 4) is 0 Å². The Bertz CT molecular complexity index is 538. The molecule has 0 aliphatic carbocycles. The van der Waals surface area contributed by atoms with E-state index < -0.39 is 6.04 Å². The third-order valence-corrected chi connectivity index (χ3v) is 5.72. The molecular weight excluding hydrogens is 416 g/mol. The number of Topliss-reactive ketones (excluding diaryl/α,β-unsaturated/α-hetero) is 1. The van der Waals surface area contributed by atoms with E-state index in [1.165, 1.54) is 0 Å². The summed E-state index contributed by atoms with van der Waals surface area (Å²) in [5.74, 6) is 0.00614. The number of amides is 2. The molecule has 0 saturated carbocycles. The topological polar surface area (TPSA) is 99.3 Å². The van der Waals surface area contributed by atoms with Crippen LogP contribution in [0.15, 0.2) is 0 Å². The number of hydrogen-bond donors (Lipinski definition) is 4. The van der Waals surface area contributed by atoms with Crippen LogP contribution in [0.4, 0.5) is 0 Å². The molecule has 4 N–H and O–H groups in total. The smallest absolute Gasteiger partial charge is 0.237 e. The first-order valence-corrected chi connectivity index (χ1v) is 13.3. The minimum Gasteiger partial charge on any atom is -0.356 e. The Labute approximate surface area is 203 Å². The van der Waals surface area contributed by atoms with Crippen LogP contribution >= 0.6 is 0 Å². The molecule has 0 aromatic heterocycles. The molecule has 33 heavy (non-hydrogen) atoms. The average molecular weight is 469 g/mol. The first-order chi connectivity index (χ1) is 15.7. The van der Waals surface area contributed by atoms with Gasteiger partial charge >= 0.3 is 0 Å². The molecule has 7 nitrogen and oxygen atoms in total. The van der Waals surface area contributed by atoms with Crippen LogP contribution in [0.1, 0.15) is 106 Å². The van der Waals surface area contributed by atoms with Crippen molar-refractivity contribution in [1.29, 1.82) is 0 Å². The van der Waals surface area contributed by atoms with Gasteiger partial charge in [-0.05, 0) is 58.0 Å². The van der Waals surface area contributed by atoms with E-state index in [-0.39, 0.29) is 29.6 Å². The SMILES string of the molecule is CCCCCC(=O)NCCCCC(NCC)C(=O)NC(CCCCNC(C)C)C(=O)C(C)C. The van der Waals surface area contributed by atoms with E-state index in [9.17, 15) is 14.4 Å². The highest BCUT2D eigenvalue weighted by atomic mass is 16.2. The van der Waals surface area contributed by atoms with Gasteiger partial charge in [-0.25, -0.2) is 0 Å². The van der Waals surface area contributed by atoms with Crippen molar-refractivity contribution in [1.82, 2.24) is 21.3 Å². The normalized spacial score (nSPS) is 13.2. The van der Waals surface area contributed by atoms with Gasteiger partial charge in [0.25, 0.3) is 0 Å². The standard InChI is InChI=1S/C26H52N4O3/c1-7-9-10-17-24(31)29-19-14-12-16-23(27-8-2)26(33)30-22(25(32)20(3)4)15-11-13-18-28-21(5)6/h20-23,27-28H,7-19H2,1-6H3,(H,29,31)(H,30,33). The molecule has 0 aromatic carbocycles. The highest BCUT2D eigenvalue weighted by Crippen LogP contribution is 2.10. The molecular formula is C26H52N4O3. The zero-order valence-corrected chi connectivity index (χ0v) is 22.2. The van der Waals surface area contributed by atoms with E-state index in [0.29, 0.717) is 38.4 Å². The summed E-state index contributed by atoms with van der Waals surface area (Å²) in [4.78, 5) is 37.5. The van der Waals surface area contributed by atoms with E-state index in [4.69, 9.17) is 0 Å². The van der Waals surface area contributed by atoms with E-state index in [2.05, 4.69) is 42.0 Å². The lowest BCUT2D eigenvalue weighted by Crippen LogP contribution is -2.51. The van der Waals surface area contributed by atoms with Gasteiger partial charge in [0, 0.05) is 24.9 Å². The summed E-state index contributed by atoms with van der Waals surface area (Å²) >= 11 is 0. The van der Waals surface area contributed by atoms with E-state index >= 15 is 0 Å². The van der Waals surface area contributed by atoms with Crippen molar-refractivity contribution in [3.05, 3.63) is 0 Å². The molecule has 0 aliphatic rings. The molecule has 0 saturated heterocycles. The van der Waals surface area contributed by atoms with Gasteiger partial charge in [0.1, 0.15) is 0 Å². The number of carbonyl (C=O) groups excluding carboxylic acids is 3. The number of rotatable bonds is 21. The maximum Gasteiger partial charge on any atom is 0.237 e. The lowest BCUT2D eigenvalue weighted by molar-refractivity contribution is -0.130. The molecule has 0 fully saturated rings. The van der Waals surface area contributed by atoms with Crippen molar-refractivity contribution >= 4 is 17.6 Å². The maximum atomic E-state index is 13.0. The zero-order valence-electron chi connectivity index (χ0n) is 22.2. The minimum atomic E-state index is -0.430. The summed E-state index contributed by atoms with van der Waals surface area (Å²) in [5, 5.41) is 12.6. The Morgan fingerprint density at radius 2 is 1.36 bits per heavy atom. The average Bonchev–Trinajstić information content (AvgIpc) is 2.76. The van der Waals surface area contributed by atoms with Crippen molar-refractivity contribution < 1.29 is 14.4 Å². The molecule has 2 atom stereocenters. The number of unbranched alkanes of at least 4 members (excludes halogenated alkanes) is 4. The van der Waals surface area contributed by atoms with E-state index in [0.717, 1.165) is 51.5 Å². The number of hydrogen-bond acceptors (Lipinski definition) is 5. The zero-order chi connectivity index (χ0) is 25.1. The summed E-state index contributed by atoms with van der Waals surface area (Å²) in [6, 6.07) is -0.298. The van der Waals surface area contributed by atoms with Crippen molar-refractivity contribution in [2.75, 3.05) is 19.6 Å².